The minimum Gasteiger partial charge on any atom is -0.373 e. The highest BCUT2D eigenvalue weighted by molar-refractivity contribution is 7.89. The maximum Gasteiger partial charge on any atom is 0.243 e. The smallest absolute Gasteiger partial charge is 0.243 e. The van der Waals surface area contributed by atoms with Crippen molar-refractivity contribution in [1.82, 2.24) is 4.31 Å². The largest absolute Gasteiger partial charge is 0.373 e. The van der Waals surface area contributed by atoms with Crippen LogP contribution in [0.5, 0.6) is 0 Å². The van der Waals surface area contributed by atoms with Crippen molar-refractivity contribution in [3.63, 3.8) is 0 Å². The molecule has 21 heavy (non-hydrogen) atoms. The molecule has 1 heterocycles. The van der Waals surface area contributed by atoms with Crippen LogP contribution in [-0.2, 0) is 21.2 Å². The lowest BCUT2D eigenvalue weighted by atomic mass is 10.1. The molecule has 1 fully saturated rings. The molecule has 0 atom stereocenters. The molecule has 2 N–H and O–H groups in total. The Morgan fingerprint density at radius 3 is 2.52 bits per heavy atom. The Morgan fingerprint density at radius 2 is 1.95 bits per heavy atom. The molecule has 0 spiro atoms. The number of morpholine rings is 1. The van der Waals surface area contributed by atoms with Crippen molar-refractivity contribution >= 4 is 10.0 Å². The Balaban J connectivity index is 2.15. The Bertz CT molecular complexity index is 567. The summed E-state index contributed by atoms with van der Waals surface area (Å²) in [4.78, 5) is 0.344. The third-order valence-electron chi connectivity index (χ3n) is 3.62. The number of hydrogen-bond acceptors (Lipinski definition) is 4. The van der Waals surface area contributed by atoms with Gasteiger partial charge in [-0.05, 0) is 50.9 Å². The Labute approximate surface area is 127 Å². The van der Waals surface area contributed by atoms with E-state index in [9.17, 15) is 8.42 Å². The number of rotatable bonds is 5. The second-order valence-corrected chi connectivity index (χ2v) is 7.92. The van der Waals surface area contributed by atoms with E-state index >= 15 is 0 Å². The SMILES string of the molecule is CC1(C)CN(S(=O)(=O)c2ccc(CCCN)cc2)CCO1. The van der Waals surface area contributed by atoms with E-state index < -0.39 is 15.6 Å². The van der Waals surface area contributed by atoms with Crippen molar-refractivity contribution in [2.75, 3.05) is 26.2 Å². The molecule has 1 aliphatic heterocycles. The van der Waals surface area contributed by atoms with Crippen LogP contribution in [0.3, 0.4) is 0 Å². The zero-order valence-corrected chi connectivity index (χ0v) is 13.5. The molecule has 118 valence electrons. The first kappa shape index (κ1) is 16.4. The van der Waals surface area contributed by atoms with Gasteiger partial charge in [-0.2, -0.15) is 4.31 Å². The number of aryl methyl sites for hydroxylation is 1. The lowest BCUT2D eigenvalue weighted by Gasteiger charge is -2.37. The number of sulfonamides is 1. The normalized spacial score (nSPS) is 19.6. The first-order valence-electron chi connectivity index (χ1n) is 7.28. The summed E-state index contributed by atoms with van der Waals surface area (Å²) >= 11 is 0. The second kappa shape index (κ2) is 6.44. The third kappa shape index (κ3) is 4.03. The molecule has 1 aromatic carbocycles. The van der Waals surface area contributed by atoms with Crippen molar-refractivity contribution in [3.8, 4) is 0 Å². The van der Waals surface area contributed by atoms with Gasteiger partial charge in [-0.15, -0.1) is 0 Å². The molecule has 5 nitrogen and oxygen atoms in total. The molecule has 0 unspecified atom stereocenters. The first-order valence-corrected chi connectivity index (χ1v) is 8.72. The van der Waals surface area contributed by atoms with E-state index in [1.807, 2.05) is 26.0 Å². The minimum atomic E-state index is -3.44. The second-order valence-electron chi connectivity index (χ2n) is 5.98. The quantitative estimate of drug-likeness (QED) is 0.891. The van der Waals surface area contributed by atoms with Gasteiger partial charge in [-0.1, -0.05) is 12.1 Å². The molecule has 1 aromatic rings. The van der Waals surface area contributed by atoms with E-state index in [0.29, 0.717) is 31.1 Å². The fourth-order valence-electron chi connectivity index (χ4n) is 2.46. The Kier molecular flexibility index (Phi) is 5.03. The highest BCUT2D eigenvalue weighted by Gasteiger charge is 2.34. The van der Waals surface area contributed by atoms with Gasteiger partial charge in [0.15, 0.2) is 0 Å². The zero-order valence-electron chi connectivity index (χ0n) is 12.7. The van der Waals surface area contributed by atoms with E-state index in [0.717, 1.165) is 18.4 Å². The molecule has 0 amide bonds. The number of ether oxygens (including phenoxy) is 1. The van der Waals surface area contributed by atoms with Gasteiger partial charge in [0.2, 0.25) is 10.0 Å². The summed E-state index contributed by atoms with van der Waals surface area (Å²) in [7, 11) is -3.44. The van der Waals surface area contributed by atoms with Crippen LogP contribution in [0.1, 0.15) is 25.8 Å². The predicted molar refractivity (Wildman–Crippen MR) is 82.6 cm³/mol. The van der Waals surface area contributed by atoms with Crippen LogP contribution >= 0.6 is 0 Å². The maximum atomic E-state index is 12.7. The summed E-state index contributed by atoms with van der Waals surface area (Å²) in [6.45, 7) is 5.67. The van der Waals surface area contributed by atoms with Crippen molar-refractivity contribution in [2.24, 2.45) is 5.73 Å². The molecule has 0 bridgehead atoms. The molecular weight excluding hydrogens is 288 g/mol. The summed E-state index contributed by atoms with van der Waals surface area (Å²) in [5, 5.41) is 0. The highest BCUT2D eigenvalue weighted by Crippen LogP contribution is 2.23. The Morgan fingerprint density at radius 1 is 1.29 bits per heavy atom. The summed E-state index contributed by atoms with van der Waals surface area (Å²) < 4.78 is 32.4. The van der Waals surface area contributed by atoms with Crippen LogP contribution in [0.2, 0.25) is 0 Å². The number of benzene rings is 1. The van der Waals surface area contributed by atoms with E-state index in [2.05, 4.69) is 0 Å². The van der Waals surface area contributed by atoms with Crippen LogP contribution in [0.15, 0.2) is 29.2 Å². The molecule has 6 heteroatoms. The standard InChI is InChI=1S/C15H24N2O3S/c1-15(2)12-17(10-11-20-15)21(18,19)14-7-5-13(6-8-14)4-3-9-16/h5-8H,3-4,9-12,16H2,1-2H3. The molecule has 0 aromatic heterocycles. The van der Waals surface area contributed by atoms with E-state index in [4.69, 9.17) is 10.5 Å². The minimum absolute atomic E-state index is 0.344. The number of hydrogen-bond donors (Lipinski definition) is 1. The molecule has 0 aliphatic carbocycles. The molecule has 1 saturated heterocycles. The van der Waals surface area contributed by atoms with E-state index in [-0.39, 0.29) is 0 Å². The molecule has 1 aliphatic rings. The number of nitrogens with zero attached hydrogens (tertiary/aromatic N) is 1. The van der Waals surface area contributed by atoms with Crippen molar-refractivity contribution in [2.45, 2.75) is 37.2 Å². The van der Waals surface area contributed by atoms with Crippen LogP contribution in [0.25, 0.3) is 0 Å². The van der Waals surface area contributed by atoms with Gasteiger partial charge in [0.1, 0.15) is 0 Å². The van der Waals surface area contributed by atoms with Gasteiger partial charge in [-0.25, -0.2) is 8.42 Å². The van der Waals surface area contributed by atoms with Crippen LogP contribution in [-0.4, -0.2) is 44.6 Å². The first-order chi connectivity index (χ1) is 9.85. The summed E-state index contributed by atoms with van der Waals surface area (Å²) in [5.74, 6) is 0. The van der Waals surface area contributed by atoms with Crippen molar-refractivity contribution < 1.29 is 13.2 Å². The van der Waals surface area contributed by atoms with Crippen LogP contribution in [0, 0.1) is 0 Å². The molecular formula is C15H24N2O3S. The maximum absolute atomic E-state index is 12.7. The summed E-state index contributed by atoms with van der Waals surface area (Å²) in [5.41, 5.74) is 6.16. The topological polar surface area (TPSA) is 72.6 Å². The lowest BCUT2D eigenvalue weighted by Crippen LogP contribution is -2.50. The van der Waals surface area contributed by atoms with Gasteiger partial charge >= 0.3 is 0 Å². The van der Waals surface area contributed by atoms with E-state index in [1.54, 1.807) is 12.1 Å². The average Bonchev–Trinajstić information content (AvgIpc) is 2.44. The summed E-state index contributed by atoms with van der Waals surface area (Å²) in [6, 6.07) is 7.11. The molecule has 2 rings (SSSR count). The third-order valence-corrected chi connectivity index (χ3v) is 5.48. The van der Waals surface area contributed by atoms with Gasteiger partial charge in [0, 0.05) is 13.1 Å². The van der Waals surface area contributed by atoms with Gasteiger partial charge < -0.3 is 10.5 Å². The lowest BCUT2D eigenvalue weighted by molar-refractivity contribution is -0.0640. The Hall–Kier alpha value is -0.950. The predicted octanol–water partition coefficient (Wildman–Crippen LogP) is 1.38. The summed E-state index contributed by atoms with van der Waals surface area (Å²) in [6.07, 6.45) is 1.78. The zero-order chi connectivity index (χ0) is 15.5. The van der Waals surface area contributed by atoms with Crippen molar-refractivity contribution in [3.05, 3.63) is 29.8 Å². The molecule has 0 saturated carbocycles. The van der Waals surface area contributed by atoms with E-state index in [1.165, 1.54) is 4.31 Å². The fourth-order valence-corrected chi connectivity index (χ4v) is 4.04. The van der Waals surface area contributed by atoms with Crippen LogP contribution in [0.4, 0.5) is 0 Å². The van der Waals surface area contributed by atoms with Gasteiger partial charge in [0.05, 0.1) is 17.1 Å². The van der Waals surface area contributed by atoms with Crippen molar-refractivity contribution in [1.29, 1.82) is 0 Å². The highest BCUT2D eigenvalue weighted by atomic mass is 32.2. The van der Waals surface area contributed by atoms with Gasteiger partial charge in [0.25, 0.3) is 0 Å². The number of nitrogens with two attached hydrogens (primary N) is 1. The average molecular weight is 312 g/mol. The monoisotopic (exact) mass is 312 g/mol. The fraction of sp³-hybridized carbons (Fsp3) is 0.600. The van der Waals surface area contributed by atoms with Crippen LogP contribution < -0.4 is 5.73 Å². The van der Waals surface area contributed by atoms with Gasteiger partial charge in [-0.3, -0.25) is 0 Å². The molecule has 0 radical (unpaired) electrons.